The number of nitrogens with one attached hydrogen (secondary N) is 2. The van der Waals surface area contributed by atoms with E-state index in [9.17, 15) is 19.5 Å². The van der Waals surface area contributed by atoms with Crippen molar-refractivity contribution >= 4 is 34.8 Å². The molecule has 0 radical (unpaired) electrons. The van der Waals surface area contributed by atoms with Crippen LogP contribution in [0, 0.1) is 0 Å². The molecule has 148 valence electrons. The van der Waals surface area contributed by atoms with E-state index in [1.165, 1.54) is 12.1 Å². The predicted octanol–water partition coefficient (Wildman–Crippen LogP) is 2.67. The van der Waals surface area contributed by atoms with Crippen molar-refractivity contribution in [1.82, 2.24) is 15.0 Å². The Morgan fingerprint density at radius 1 is 0.900 bits per heavy atom. The van der Waals surface area contributed by atoms with Crippen molar-refractivity contribution in [2.45, 2.75) is 0 Å². The summed E-state index contributed by atoms with van der Waals surface area (Å²) < 4.78 is 0. The van der Waals surface area contributed by atoms with Crippen LogP contribution < -0.4 is 11.1 Å². The van der Waals surface area contributed by atoms with Gasteiger partial charge in [0.25, 0.3) is 5.91 Å². The number of primary amides is 1. The van der Waals surface area contributed by atoms with Crippen molar-refractivity contribution in [1.29, 1.82) is 0 Å². The Hall–Kier alpha value is -4.53. The average Bonchev–Trinajstić information content (AvgIpc) is 3.16. The molecule has 30 heavy (non-hydrogen) atoms. The minimum atomic E-state index is -1.12. The number of aromatic amines is 1. The highest BCUT2D eigenvalue weighted by atomic mass is 16.4. The Bertz CT molecular complexity index is 1310. The van der Waals surface area contributed by atoms with Gasteiger partial charge in [-0.1, -0.05) is 30.3 Å². The minimum Gasteiger partial charge on any atom is -0.478 e. The first-order valence-corrected chi connectivity index (χ1v) is 8.83. The predicted molar refractivity (Wildman–Crippen MR) is 109 cm³/mol. The summed E-state index contributed by atoms with van der Waals surface area (Å²) in [6, 6.07) is 16.2. The molecule has 2 aromatic heterocycles. The summed E-state index contributed by atoms with van der Waals surface area (Å²) >= 11 is 0. The van der Waals surface area contributed by atoms with Crippen molar-refractivity contribution in [3.05, 3.63) is 77.5 Å². The van der Waals surface area contributed by atoms with Crippen molar-refractivity contribution in [3.8, 4) is 11.3 Å². The molecule has 0 atom stereocenters. The molecule has 0 fully saturated rings. The molecule has 0 unspecified atom stereocenters. The Morgan fingerprint density at radius 3 is 2.40 bits per heavy atom. The zero-order chi connectivity index (χ0) is 21.3. The third-order valence-electron chi connectivity index (χ3n) is 4.43. The number of imidazole rings is 1. The quantitative estimate of drug-likeness (QED) is 0.403. The number of aromatic nitrogens is 3. The highest BCUT2D eigenvalue weighted by molar-refractivity contribution is 6.05. The number of anilines is 1. The number of carbonyl (C=O) groups excluding carboxylic acids is 2. The number of nitrogens with two attached hydrogens (primary N) is 1. The fourth-order valence-corrected chi connectivity index (χ4v) is 3.07. The lowest BCUT2D eigenvalue weighted by Crippen LogP contribution is -2.15. The summed E-state index contributed by atoms with van der Waals surface area (Å²) in [5.41, 5.74) is 7.45. The van der Waals surface area contributed by atoms with Crippen molar-refractivity contribution in [2.75, 3.05) is 5.32 Å². The first kappa shape index (κ1) is 18.8. The lowest BCUT2D eigenvalue weighted by atomic mass is 10.0. The van der Waals surface area contributed by atoms with Crippen LogP contribution in [0.15, 0.2) is 60.7 Å². The van der Waals surface area contributed by atoms with Crippen LogP contribution in [0.4, 0.5) is 5.95 Å². The van der Waals surface area contributed by atoms with E-state index in [-0.39, 0.29) is 22.7 Å². The number of carboxylic acids is 1. The Kier molecular flexibility index (Phi) is 4.69. The number of carbonyl (C=O) groups is 3. The Labute approximate surface area is 169 Å². The normalized spacial score (nSPS) is 10.7. The molecule has 0 aliphatic carbocycles. The van der Waals surface area contributed by atoms with E-state index in [2.05, 4.69) is 20.3 Å². The standard InChI is InChI=1S/C21H15N5O4/c22-18(27)12-6-2-1-5-11(12)14-8-4-10-16(23-14)19(28)26-21-24-15-9-3-7-13(20(29)30)17(15)25-21/h1-10H,(H2,22,27)(H,29,30)(H2,24,25,26,28). The Morgan fingerprint density at radius 2 is 1.63 bits per heavy atom. The van der Waals surface area contributed by atoms with Crippen molar-refractivity contribution in [2.24, 2.45) is 5.73 Å². The lowest BCUT2D eigenvalue weighted by molar-refractivity contribution is 0.0698. The van der Waals surface area contributed by atoms with E-state index in [1.54, 1.807) is 48.5 Å². The number of H-pyrrole nitrogens is 1. The van der Waals surface area contributed by atoms with Crippen LogP contribution in [0.1, 0.15) is 31.2 Å². The van der Waals surface area contributed by atoms with E-state index in [0.29, 0.717) is 22.3 Å². The van der Waals surface area contributed by atoms with Gasteiger partial charge in [-0.25, -0.2) is 14.8 Å². The van der Waals surface area contributed by atoms with Gasteiger partial charge in [0.1, 0.15) is 11.2 Å². The largest absolute Gasteiger partial charge is 0.478 e. The van der Waals surface area contributed by atoms with Crippen molar-refractivity contribution < 1.29 is 19.5 Å². The molecule has 9 heteroatoms. The van der Waals surface area contributed by atoms with Gasteiger partial charge in [0.15, 0.2) is 0 Å². The maximum Gasteiger partial charge on any atom is 0.337 e. The molecule has 0 saturated carbocycles. The number of rotatable bonds is 5. The van der Waals surface area contributed by atoms with E-state index in [0.717, 1.165) is 0 Å². The number of nitrogens with zero attached hydrogens (tertiary/aromatic N) is 2. The first-order valence-electron chi connectivity index (χ1n) is 8.83. The van der Waals surface area contributed by atoms with Gasteiger partial charge in [-0.05, 0) is 30.3 Å². The molecular weight excluding hydrogens is 386 g/mol. The molecule has 4 rings (SSSR count). The van der Waals surface area contributed by atoms with Gasteiger partial charge >= 0.3 is 5.97 Å². The van der Waals surface area contributed by atoms with Crippen LogP contribution in [-0.2, 0) is 0 Å². The summed E-state index contributed by atoms with van der Waals surface area (Å²) in [4.78, 5) is 47.0. The van der Waals surface area contributed by atoms with Gasteiger partial charge < -0.3 is 15.8 Å². The Balaban J connectivity index is 1.65. The van der Waals surface area contributed by atoms with E-state index >= 15 is 0 Å². The molecule has 0 aliphatic heterocycles. The molecule has 0 saturated heterocycles. The average molecular weight is 401 g/mol. The van der Waals surface area contributed by atoms with Gasteiger partial charge in [0.05, 0.1) is 16.8 Å². The molecular formula is C21H15N5O4. The summed E-state index contributed by atoms with van der Waals surface area (Å²) in [6.07, 6.45) is 0. The van der Waals surface area contributed by atoms with Gasteiger partial charge in [-0.2, -0.15) is 0 Å². The second-order valence-electron chi connectivity index (χ2n) is 6.36. The van der Waals surface area contributed by atoms with Crippen LogP contribution in [0.2, 0.25) is 0 Å². The van der Waals surface area contributed by atoms with Crippen LogP contribution in [0.5, 0.6) is 0 Å². The lowest BCUT2D eigenvalue weighted by Gasteiger charge is -2.08. The number of hydrogen-bond donors (Lipinski definition) is 4. The maximum atomic E-state index is 12.7. The third-order valence-corrected chi connectivity index (χ3v) is 4.43. The van der Waals surface area contributed by atoms with E-state index in [1.807, 2.05) is 0 Å². The smallest absolute Gasteiger partial charge is 0.337 e. The summed E-state index contributed by atoms with van der Waals surface area (Å²) in [5, 5.41) is 11.8. The topological polar surface area (TPSA) is 151 Å². The summed E-state index contributed by atoms with van der Waals surface area (Å²) in [5.74, 6) is -2.18. The number of carboxylic acid groups (broad SMARTS) is 1. The molecule has 0 spiro atoms. The van der Waals surface area contributed by atoms with Crippen LogP contribution in [0.25, 0.3) is 22.3 Å². The molecule has 2 amide bonds. The third kappa shape index (κ3) is 3.47. The number of benzene rings is 2. The zero-order valence-electron chi connectivity index (χ0n) is 15.4. The maximum absolute atomic E-state index is 12.7. The van der Waals surface area contributed by atoms with Crippen LogP contribution >= 0.6 is 0 Å². The van der Waals surface area contributed by atoms with E-state index in [4.69, 9.17) is 5.73 Å². The molecule has 2 heterocycles. The molecule has 9 nitrogen and oxygen atoms in total. The number of aromatic carboxylic acids is 1. The highest BCUT2D eigenvalue weighted by Crippen LogP contribution is 2.22. The monoisotopic (exact) mass is 401 g/mol. The van der Waals surface area contributed by atoms with Gasteiger partial charge in [-0.3, -0.25) is 14.9 Å². The van der Waals surface area contributed by atoms with Crippen molar-refractivity contribution in [3.63, 3.8) is 0 Å². The fourth-order valence-electron chi connectivity index (χ4n) is 3.07. The number of fused-ring (bicyclic) bond motifs is 1. The number of amides is 2. The number of pyridine rings is 1. The number of para-hydroxylation sites is 1. The SMILES string of the molecule is NC(=O)c1ccccc1-c1cccc(C(=O)Nc2nc3c(C(=O)O)cccc3[nH]2)n1. The van der Waals surface area contributed by atoms with Crippen LogP contribution in [0.3, 0.4) is 0 Å². The fraction of sp³-hybridized carbons (Fsp3) is 0. The van der Waals surface area contributed by atoms with Gasteiger partial charge in [0, 0.05) is 11.1 Å². The molecule has 0 bridgehead atoms. The summed E-state index contributed by atoms with van der Waals surface area (Å²) in [6.45, 7) is 0. The zero-order valence-corrected chi connectivity index (χ0v) is 15.4. The van der Waals surface area contributed by atoms with E-state index < -0.39 is 17.8 Å². The second-order valence-corrected chi connectivity index (χ2v) is 6.36. The van der Waals surface area contributed by atoms with Gasteiger partial charge in [-0.15, -0.1) is 0 Å². The minimum absolute atomic E-state index is 0.0208. The first-order chi connectivity index (χ1) is 14.4. The number of hydrogen-bond acceptors (Lipinski definition) is 5. The molecule has 0 aliphatic rings. The molecule has 2 aromatic carbocycles. The highest BCUT2D eigenvalue weighted by Gasteiger charge is 2.16. The molecule has 5 N–H and O–H groups in total. The van der Waals surface area contributed by atoms with Crippen LogP contribution in [-0.4, -0.2) is 37.8 Å². The molecule has 4 aromatic rings. The summed E-state index contributed by atoms with van der Waals surface area (Å²) in [7, 11) is 0. The van der Waals surface area contributed by atoms with Gasteiger partial charge in [0.2, 0.25) is 11.9 Å². The second kappa shape index (κ2) is 7.47.